The number of methoxy groups -OCH3 is 1. The zero-order valence-electron chi connectivity index (χ0n) is 11.0. The zero-order chi connectivity index (χ0) is 13.1. The Balaban J connectivity index is 1.94. The predicted molar refractivity (Wildman–Crippen MR) is 70.0 cm³/mol. The maximum absolute atomic E-state index is 13.3. The highest BCUT2D eigenvalue weighted by atomic mass is 19.1. The lowest BCUT2D eigenvalue weighted by Gasteiger charge is -2.06. The highest BCUT2D eigenvalue weighted by Crippen LogP contribution is 2.05. The number of hydrogen-bond acceptors (Lipinski definition) is 3. The Morgan fingerprint density at radius 2 is 1.94 bits per heavy atom. The van der Waals surface area contributed by atoms with Gasteiger partial charge in [-0.3, -0.25) is 0 Å². The lowest BCUT2D eigenvalue weighted by atomic mass is 10.2. The number of rotatable bonds is 10. The third-order valence-electron chi connectivity index (χ3n) is 2.60. The first kappa shape index (κ1) is 15.1. The van der Waals surface area contributed by atoms with Crippen molar-refractivity contribution in [1.82, 2.24) is 5.32 Å². The first-order valence-corrected chi connectivity index (χ1v) is 6.35. The van der Waals surface area contributed by atoms with Gasteiger partial charge in [0.1, 0.15) is 5.82 Å². The van der Waals surface area contributed by atoms with Gasteiger partial charge < -0.3 is 14.8 Å². The molecule has 1 aromatic carbocycles. The van der Waals surface area contributed by atoms with E-state index in [4.69, 9.17) is 9.47 Å². The number of ether oxygens (including phenoxy) is 2. The van der Waals surface area contributed by atoms with Crippen LogP contribution in [0, 0.1) is 5.82 Å². The summed E-state index contributed by atoms with van der Waals surface area (Å²) in [5, 5.41) is 3.22. The molecule has 1 aromatic rings. The lowest BCUT2D eigenvalue weighted by Crippen LogP contribution is -2.16. The Hall–Kier alpha value is -0.970. The van der Waals surface area contributed by atoms with Gasteiger partial charge in [0, 0.05) is 25.8 Å². The van der Waals surface area contributed by atoms with Crippen LogP contribution in [0.2, 0.25) is 0 Å². The van der Waals surface area contributed by atoms with Gasteiger partial charge in [-0.15, -0.1) is 0 Å². The minimum Gasteiger partial charge on any atom is -0.382 e. The standard InChI is InChI=1S/C14H22FNO2/c1-17-10-11-18-9-5-4-8-16-12-13-6-2-3-7-14(13)15/h2-3,6-7,16H,4-5,8-12H2,1H3. The normalized spacial score (nSPS) is 10.8. The van der Waals surface area contributed by atoms with Gasteiger partial charge in [-0.1, -0.05) is 18.2 Å². The van der Waals surface area contributed by atoms with E-state index in [0.29, 0.717) is 25.3 Å². The minimum absolute atomic E-state index is 0.145. The monoisotopic (exact) mass is 255 g/mol. The van der Waals surface area contributed by atoms with E-state index in [1.165, 1.54) is 6.07 Å². The van der Waals surface area contributed by atoms with Crippen LogP contribution in [0.4, 0.5) is 4.39 Å². The van der Waals surface area contributed by atoms with E-state index in [0.717, 1.165) is 26.0 Å². The van der Waals surface area contributed by atoms with Gasteiger partial charge in [0.15, 0.2) is 0 Å². The molecular formula is C14H22FNO2. The summed E-state index contributed by atoms with van der Waals surface area (Å²) in [5.74, 6) is -0.145. The Labute approximate surface area is 108 Å². The zero-order valence-corrected chi connectivity index (χ0v) is 11.0. The molecule has 3 nitrogen and oxygen atoms in total. The largest absolute Gasteiger partial charge is 0.382 e. The van der Waals surface area contributed by atoms with Crippen molar-refractivity contribution in [3.05, 3.63) is 35.6 Å². The van der Waals surface area contributed by atoms with Crippen molar-refractivity contribution in [3.8, 4) is 0 Å². The van der Waals surface area contributed by atoms with Crippen LogP contribution in [0.3, 0.4) is 0 Å². The summed E-state index contributed by atoms with van der Waals surface area (Å²) >= 11 is 0. The SMILES string of the molecule is COCCOCCCCNCc1ccccc1F. The molecule has 0 amide bonds. The van der Waals surface area contributed by atoms with E-state index in [2.05, 4.69) is 5.32 Å². The fraction of sp³-hybridized carbons (Fsp3) is 0.571. The molecule has 18 heavy (non-hydrogen) atoms. The van der Waals surface area contributed by atoms with Crippen molar-refractivity contribution in [2.45, 2.75) is 19.4 Å². The first-order chi connectivity index (χ1) is 8.84. The summed E-state index contributed by atoms with van der Waals surface area (Å²) in [5.41, 5.74) is 0.717. The third-order valence-corrected chi connectivity index (χ3v) is 2.60. The summed E-state index contributed by atoms with van der Waals surface area (Å²) in [6.45, 7) is 3.51. The lowest BCUT2D eigenvalue weighted by molar-refractivity contribution is 0.0688. The Morgan fingerprint density at radius 1 is 1.11 bits per heavy atom. The average molecular weight is 255 g/mol. The van der Waals surface area contributed by atoms with Crippen LogP contribution in [0.25, 0.3) is 0 Å². The number of halogens is 1. The number of hydrogen-bond donors (Lipinski definition) is 1. The van der Waals surface area contributed by atoms with Crippen molar-refractivity contribution < 1.29 is 13.9 Å². The molecule has 4 heteroatoms. The molecule has 0 bridgehead atoms. The van der Waals surface area contributed by atoms with Crippen molar-refractivity contribution in [2.75, 3.05) is 33.5 Å². The second kappa shape index (κ2) is 10.00. The summed E-state index contributed by atoms with van der Waals surface area (Å²) in [4.78, 5) is 0. The molecule has 0 spiro atoms. The molecule has 0 heterocycles. The molecule has 0 fully saturated rings. The van der Waals surface area contributed by atoms with Crippen LogP contribution in [0.5, 0.6) is 0 Å². The first-order valence-electron chi connectivity index (χ1n) is 6.35. The second-order valence-corrected chi connectivity index (χ2v) is 4.08. The van der Waals surface area contributed by atoms with Crippen LogP contribution in [-0.2, 0) is 16.0 Å². The molecule has 1 N–H and O–H groups in total. The Bertz CT molecular complexity index is 320. The molecule has 0 atom stereocenters. The van der Waals surface area contributed by atoms with Crippen LogP contribution >= 0.6 is 0 Å². The van der Waals surface area contributed by atoms with E-state index in [9.17, 15) is 4.39 Å². The third kappa shape index (κ3) is 6.69. The summed E-state index contributed by atoms with van der Waals surface area (Å²) in [6, 6.07) is 6.84. The highest BCUT2D eigenvalue weighted by molar-refractivity contribution is 5.16. The van der Waals surface area contributed by atoms with Gasteiger partial charge in [0.05, 0.1) is 13.2 Å². The molecular weight excluding hydrogens is 233 g/mol. The molecule has 0 saturated heterocycles. The van der Waals surface area contributed by atoms with E-state index in [1.807, 2.05) is 6.07 Å². The maximum atomic E-state index is 13.3. The van der Waals surface area contributed by atoms with Gasteiger partial charge >= 0.3 is 0 Å². The molecule has 0 radical (unpaired) electrons. The van der Waals surface area contributed by atoms with Crippen LogP contribution < -0.4 is 5.32 Å². The quantitative estimate of drug-likeness (QED) is 0.651. The van der Waals surface area contributed by atoms with E-state index < -0.39 is 0 Å². The molecule has 0 saturated carbocycles. The fourth-order valence-electron chi connectivity index (χ4n) is 1.56. The molecule has 0 aliphatic rings. The smallest absolute Gasteiger partial charge is 0.127 e. The molecule has 102 valence electrons. The summed E-state index contributed by atoms with van der Waals surface area (Å²) in [7, 11) is 1.66. The number of unbranched alkanes of at least 4 members (excludes halogenated alkanes) is 1. The Kier molecular flexibility index (Phi) is 8.38. The average Bonchev–Trinajstić information content (AvgIpc) is 2.39. The highest BCUT2D eigenvalue weighted by Gasteiger charge is 1.98. The minimum atomic E-state index is -0.145. The molecule has 0 unspecified atom stereocenters. The van der Waals surface area contributed by atoms with E-state index in [1.54, 1.807) is 19.2 Å². The van der Waals surface area contributed by atoms with Crippen LogP contribution in [0.15, 0.2) is 24.3 Å². The van der Waals surface area contributed by atoms with Crippen molar-refractivity contribution in [2.24, 2.45) is 0 Å². The summed E-state index contributed by atoms with van der Waals surface area (Å²) < 4.78 is 23.5. The van der Waals surface area contributed by atoms with Gasteiger partial charge in [0.25, 0.3) is 0 Å². The van der Waals surface area contributed by atoms with E-state index in [-0.39, 0.29) is 5.82 Å². The molecule has 0 aliphatic heterocycles. The molecule has 0 aliphatic carbocycles. The molecule has 1 rings (SSSR count). The van der Waals surface area contributed by atoms with Gasteiger partial charge in [-0.25, -0.2) is 4.39 Å². The van der Waals surface area contributed by atoms with Crippen LogP contribution in [0.1, 0.15) is 18.4 Å². The van der Waals surface area contributed by atoms with Gasteiger partial charge in [-0.2, -0.15) is 0 Å². The number of benzene rings is 1. The number of nitrogens with one attached hydrogen (secondary N) is 1. The molecule has 0 aromatic heterocycles. The van der Waals surface area contributed by atoms with Crippen molar-refractivity contribution >= 4 is 0 Å². The topological polar surface area (TPSA) is 30.5 Å². The van der Waals surface area contributed by atoms with Crippen molar-refractivity contribution in [3.63, 3.8) is 0 Å². The van der Waals surface area contributed by atoms with Crippen LogP contribution in [-0.4, -0.2) is 33.5 Å². The van der Waals surface area contributed by atoms with Gasteiger partial charge in [-0.05, 0) is 25.5 Å². The fourth-order valence-corrected chi connectivity index (χ4v) is 1.56. The van der Waals surface area contributed by atoms with Crippen molar-refractivity contribution in [1.29, 1.82) is 0 Å². The summed E-state index contributed by atoms with van der Waals surface area (Å²) in [6.07, 6.45) is 2.04. The second-order valence-electron chi connectivity index (χ2n) is 4.08. The predicted octanol–water partition coefficient (Wildman–Crippen LogP) is 2.36. The Morgan fingerprint density at radius 3 is 2.72 bits per heavy atom. The maximum Gasteiger partial charge on any atom is 0.127 e. The van der Waals surface area contributed by atoms with E-state index >= 15 is 0 Å². The van der Waals surface area contributed by atoms with Gasteiger partial charge in [0.2, 0.25) is 0 Å².